The molecule has 0 bridgehead atoms. The van der Waals surface area contributed by atoms with Gasteiger partial charge in [-0.05, 0) is 34.0 Å². The maximum absolute atomic E-state index is 9.33. The number of rotatable bonds is 5. The van der Waals surface area contributed by atoms with Crippen molar-refractivity contribution in [2.75, 3.05) is 25.2 Å². The lowest BCUT2D eigenvalue weighted by molar-refractivity contribution is 0.255. The molecule has 0 atom stereocenters. The van der Waals surface area contributed by atoms with Gasteiger partial charge in [-0.2, -0.15) is 10.2 Å². The predicted molar refractivity (Wildman–Crippen MR) is 95.6 cm³/mol. The Bertz CT molecular complexity index is 802. The number of nitrogens with zero attached hydrogens (tertiary/aromatic N) is 3. The molecule has 0 unspecified atom stereocenters. The summed E-state index contributed by atoms with van der Waals surface area (Å²) in [6.07, 6.45) is 0. The quantitative estimate of drug-likeness (QED) is 0.803. The number of methoxy groups -OCH3 is 1. The first-order valence-corrected chi connectivity index (χ1v) is 8.00. The molecule has 0 spiro atoms. The molecule has 0 aliphatic heterocycles. The van der Waals surface area contributed by atoms with Gasteiger partial charge in [0.1, 0.15) is 17.5 Å². The maximum Gasteiger partial charge on any atom is 0.222 e. The van der Waals surface area contributed by atoms with E-state index >= 15 is 0 Å². The van der Waals surface area contributed by atoms with Gasteiger partial charge in [0.2, 0.25) is 5.95 Å². The van der Waals surface area contributed by atoms with Crippen molar-refractivity contribution >= 4 is 27.7 Å². The summed E-state index contributed by atoms with van der Waals surface area (Å²) in [5.74, 6) is 1.50. The smallest absolute Gasteiger partial charge is 0.222 e. The number of hydrogen-bond acceptors (Lipinski definition) is 7. The molecule has 0 fully saturated rings. The number of hydrogen-bond donors (Lipinski definition) is 2. The Kier molecular flexibility index (Phi) is 5.46. The van der Waals surface area contributed by atoms with Gasteiger partial charge in [0.15, 0.2) is 11.5 Å². The maximum atomic E-state index is 9.33. The number of benzene rings is 1. The first-order valence-electron chi connectivity index (χ1n) is 7.21. The molecule has 0 aliphatic rings. The lowest BCUT2D eigenvalue weighted by Gasteiger charge is -2.16. The Morgan fingerprint density at radius 2 is 2.00 bits per heavy atom. The zero-order chi connectivity index (χ0) is 17.9. The minimum atomic E-state index is -0.00303. The fraction of sp³-hybridized carbons (Fsp3) is 0.312. The summed E-state index contributed by atoms with van der Waals surface area (Å²) >= 11 is 3.48. The van der Waals surface area contributed by atoms with Crippen molar-refractivity contribution in [1.29, 1.82) is 5.26 Å². The number of nitriles is 1. The van der Waals surface area contributed by atoms with Gasteiger partial charge >= 0.3 is 0 Å². The second-order valence-corrected chi connectivity index (χ2v) is 6.35. The second kappa shape index (κ2) is 7.36. The van der Waals surface area contributed by atoms with E-state index in [4.69, 9.17) is 20.9 Å². The first kappa shape index (κ1) is 17.8. The van der Waals surface area contributed by atoms with E-state index in [2.05, 4.69) is 39.7 Å². The van der Waals surface area contributed by atoms with E-state index in [9.17, 15) is 5.26 Å². The number of nitrogens with two attached hydrogens (primary N) is 2. The molecule has 1 aromatic heterocycles. The summed E-state index contributed by atoms with van der Waals surface area (Å²) in [5, 5.41) is 9.33. The summed E-state index contributed by atoms with van der Waals surface area (Å²) in [7, 11) is 1.54. The fourth-order valence-corrected chi connectivity index (χ4v) is 2.62. The summed E-state index contributed by atoms with van der Waals surface area (Å²) in [4.78, 5) is 7.96. The number of anilines is 2. The van der Waals surface area contributed by atoms with Crippen LogP contribution in [0.5, 0.6) is 11.5 Å². The van der Waals surface area contributed by atoms with E-state index < -0.39 is 0 Å². The molecule has 126 valence electrons. The van der Waals surface area contributed by atoms with Crippen molar-refractivity contribution in [2.24, 2.45) is 5.92 Å². The van der Waals surface area contributed by atoms with Crippen molar-refractivity contribution in [3.63, 3.8) is 0 Å². The van der Waals surface area contributed by atoms with Crippen LogP contribution in [-0.4, -0.2) is 23.7 Å². The van der Waals surface area contributed by atoms with E-state index in [-0.39, 0.29) is 17.3 Å². The van der Waals surface area contributed by atoms with Crippen molar-refractivity contribution in [2.45, 2.75) is 13.8 Å². The van der Waals surface area contributed by atoms with Crippen LogP contribution in [0.15, 0.2) is 16.6 Å². The van der Waals surface area contributed by atoms with Crippen LogP contribution in [0.25, 0.3) is 11.3 Å². The van der Waals surface area contributed by atoms with E-state index in [0.29, 0.717) is 39.8 Å². The van der Waals surface area contributed by atoms with Gasteiger partial charge in [0.05, 0.1) is 23.9 Å². The molecule has 4 N–H and O–H groups in total. The lowest BCUT2D eigenvalue weighted by Crippen LogP contribution is -2.07. The molecule has 0 radical (unpaired) electrons. The van der Waals surface area contributed by atoms with Crippen LogP contribution in [0.3, 0.4) is 0 Å². The number of ether oxygens (including phenoxy) is 2. The van der Waals surface area contributed by atoms with Gasteiger partial charge in [0.25, 0.3) is 0 Å². The average Bonchev–Trinajstić information content (AvgIpc) is 2.52. The summed E-state index contributed by atoms with van der Waals surface area (Å²) in [6.45, 7) is 4.66. The van der Waals surface area contributed by atoms with Crippen LogP contribution < -0.4 is 20.9 Å². The van der Waals surface area contributed by atoms with Gasteiger partial charge in [-0.3, -0.25) is 0 Å². The minimum Gasteiger partial charge on any atom is -0.493 e. The molecule has 7 nitrogen and oxygen atoms in total. The molecule has 0 saturated carbocycles. The number of aromatic nitrogens is 2. The van der Waals surface area contributed by atoms with Crippen molar-refractivity contribution in [3.8, 4) is 28.8 Å². The van der Waals surface area contributed by atoms with Gasteiger partial charge < -0.3 is 20.9 Å². The normalized spacial score (nSPS) is 10.5. The number of nitrogen functional groups attached to an aromatic ring is 2. The van der Waals surface area contributed by atoms with E-state index in [1.165, 1.54) is 0 Å². The van der Waals surface area contributed by atoms with Crippen molar-refractivity contribution in [1.82, 2.24) is 9.97 Å². The Balaban J connectivity index is 2.58. The molecule has 0 aliphatic carbocycles. The highest BCUT2D eigenvalue weighted by Crippen LogP contribution is 2.40. The Hall–Kier alpha value is -2.53. The van der Waals surface area contributed by atoms with E-state index in [1.54, 1.807) is 19.2 Å². The summed E-state index contributed by atoms with van der Waals surface area (Å²) in [5.41, 5.74) is 12.6. The third kappa shape index (κ3) is 3.68. The van der Waals surface area contributed by atoms with Crippen LogP contribution in [0.1, 0.15) is 19.4 Å². The van der Waals surface area contributed by atoms with Crippen LogP contribution in [0.2, 0.25) is 0 Å². The van der Waals surface area contributed by atoms with Crippen LogP contribution in [0.4, 0.5) is 11.8 Å². The van der Waals surface area contributed by atoms with Gasteiger partial charge in [-0.25, -0.2) is 4.98 Å². The Labute approximate surface area is 148 Å². The van der Waals surface area contributed by atoms with Crippen molar-refractivity contribution < 1.29 is 9.47 Å². The molecule has 0 saturated heterocycles. The average molecular weight is 392 g/mol. The van der Waals surface area contributed by atoms with Gasteiger partial charge in [0, 0.05) is 5.56 Å². The van der Waals surface area contributed by atoms with Crippen molar-refractivity contribution in [3.05, 3.63) is 22.2 Å². The zero-order valence-electron chi connectivity index (χ0n) is 13.6. The topological polar surface area (TPSA) is 120 Å². The van der Waals surface area contributed by atoms with Crippen LogP contribution >= 0.6 is 15.9 Å². The van der Waals surface area contributed by atoms with Gasteiger partial charge in [-0.15, -0.1) is 0 Å². The molecule has 1 heterocycles. The predicted octanol–water partition coefficient (Wildman–Crippen LogP) is 2.99. The molecule has 2 rings (SSSR count). The van der Waals surface area contributed by atoms with E-state index in [1.807, 2.05) is 6.07 Å². The zero-order valence-corrected chi connectivity index (χ0v) is 15.2. The molecule has 8 heteroatoms. The first-order chi connectivity index (χ1) is 11.4. The standard InChI is InChI=1S/C16H18BrN5O2/c1-8(2)7-24-14-11(17)4-9(5-12(14)23-3)13-10(6-18)15(19)22-16(20)21-13/h4-5,8H,7H2,1-3H3,(H4,19,20,21,22). The third-order valence-electron chi connectivity index (χ3n) is 3.13. The summed E-state index contributed by atoms with van der Waals surface area (Å²) in [6, 6.07) is 5.51. The SMILES string of the molecule is COc1cc(-c2nc(N)nc(N)c2C#N)cc(Br)c1OCC(C)C. The van der Waals surface area contributed by atoms with Gasteiger partial charge in [-0.1, -0.05) is 13.8 Å². The molecule has 0 amide bonds. The lowest BCUT2D eigenvalue weighted by atomic mass is 10.1. The third-order valence-corrected chi connectivity index (χ3v) is 3.72. The fourth-order valence-electron chi connectivity index (χ4n) is 2.06. The molecular formula is C16H18BrN5O2. The minimum absolute atomic E-state index is 0.00303. The molecule has 2 aromatic rings. The molecular weight excluding hydrogens is 374 g/mol. The highest BCUT2D eigenvalue weighted by molar-refractivity contribution is 9.10. The van der Waals surface area contributed by atoms with Crippen LogP contribution in [-0.2, 0) is 0 Å². The van der Waals surface area contributed by atoms with E-state index in [0.717, 1.165) is 0 Å². The molecule has 1 aromatic carbocycles. The monoisotopic (exact) mass is 391 g/mol. The second-order valence-electron chi connectivity index (χ2n) is 5.50. The van der Waals surface area contributed by atoms with Crippen LogP contribution in [0, 0.1) is 17.2 Å². The Morgan fingerprint density at radius 1 is 1.29 bits per heavy atom. The summed E-state index contributed by atoms with van der Waals surface area (Å²) < 4.78 is 11.9. The highest BCUT2D eigenvalue weighted by atomic mass is 79.9. The Morgan fingerprint density at radius 3 is 2.58 bits per heavy atom. The largest absolute Gasteiger partial charge is 0.493 e. The number of halogens is 1. The molecule has 24 heavy (non-hydrogen) atoms. The highest BCUT2D eigenvalue weighted by Gasteiger charge is 2.18.